The SMILES string of the molecule is Cc1cnc2c(c1)nc(CCCl)n2C. The lowest BCUT2D eigenvalue weighted by atomic mass is 10.3. The summed E-state index contributed by atoms with van der Waals surface area (Å²) in [6, 6.07) is 2.04. The molecule has 0 aliphatic carbocycles. The van der Waals surface area contributed by atoms with Gasteiger partial charge >= 0.3 is 0 Å². The first kappa shape index (κ1) is 9.46. The molecule has 74 valence electrons. The molecule has 0 atom stereocenters. The zero-order valence-electron chi connectivity index (χ0n) is 8.29. The van der Waals surface area contributed by atoms with Crippen molar-refractivity contribution in [2.45, 2.75) is 13.3 Å². The van der Waals surface area contributed by atoms with Gasteiger partial charge in [-0.25, -0.2) is 9.97 Å². The second kappa shape index (κ2) is 3.58. The summed E-state index contributed by atoms with van der Waals surface area (Å²) in [4.78, 5) is 8.82. The van der Waals surface area contributed by atoms with Gasteiger partial charge in [0.1, 0.15) is 11.3 Å². The largest absolute Gasteiger partial charge is 0.316 e. The first-order chi connectivity index (χ1) is 6.72. The molecule has 0 saturated heterocycles. The Bertz CT molecular complexity index is 462. The van der Waals surface area contributed by atoms with E-state index in [1.807, 2.05) is 30.8 Å². The fourth-order valence-corrected chi connectivity index (χ4v) is 1.70. The van der Waals surface area contributed by atoms with E-state index in [0.29, 0.717) is 5.88 Å². The van der Waals surface area contributed by atoms with E-state index >= 15 is 0 Å². The molecule has 2 heterocycles. The molecule has 3 nitrogen and oxygen atoms in total. The second-order valence-electron chi connectivity index (χ2n) is 3.38. The van der Waals surface area contributed by atoms with Crippen LogP contribution in [0.3, 0.4) is 0 Å². The van der Waals surface area contributed by atoms with E-state index in [-0.39, 0.29) is 0 Å². The summed E-state index contributed by atoms with van der Waals surface area (Å²) in [5, 5.41) is 0. The molecule has 0 saturated carbocycles. The highest BCUT2D eigenvalue weighted by Crippen LogP contribution is 2.14. The van der Waals surface area contributed by atoms with Gasteiger partial charge in [-0.1, -0.05) is 0 Å². The first-order valence-electron chi connectivity index (χ1n) is 4.56. The number of hydrogen-bond donors (Lipinski definition) is 0. The van der Waals surface area contributed by atoms with E-state index in [9.17, 15) is 0 Å². The number of alkyl halides is 1. The Morgan fingerprint density at radius 1 is 1.50 bits per heavy atom. The van der Waals surface area contributed by atoms with Gasteiger partial charge in [0.05, 0.1) is 0 Å². The third-order valence-electron chi connectivity index (χ3n) is 2.26. The summed E-state index contributed by atoms with van der Waals surface area (Å²) >= 11 is 5.69. The topological polar surface area (TPSA) is 30.7 Å². The maximum atomic E-state index is 5.69. The number of pyridine rings is 1. The Labute approximate surface area is 87.7 Å². The zero-order chi connectivity index (χ0) is 10.1. The molecule has 0 fully saturated rings. The number of fused-ring (bicyclic) bond motifs is 1. The molecule has 0 aromatic carbocycles. The van der Waals surface area contributed by atoms with Crippen molar-refractivity contribution in [3.63, 3.8) is 0 Å². The number of aromatic nitrogens is 3. The van der Waals surface area contributed by atoms with Crippen LogP contribution in [-0.2, 0) is 13.5 Å². The van der Waals surface area contributed by atoms with Gasteiger partial charge in [-0.05, 0) is 18.6 Å². The fourth-order valence-electron chi connectivity index (χ4n) is 1.53. The van der Waals surface area contributed by atoms with Crippen molar-refractivity contribution in [2.24, 2.45) is 7.05 Å². The highest BCUT2D eigenvalue weighted by atomic mass is 35.5. The molecule has 0 radical (unpaired) electrons. The van der Waals surface area contributed by atoms with E-state index in [4.69, 9.17) is 11.6 Å². The summed E-state index contributed by atoms with van der Waals surface area (Å²) in [7, 11) is 1.97. The molecule has 0 bridgehead atoms. The summed E-state index contributed by atoms with van der Waals surface area (Å²) in [6.07, 6.45) is 2.64. The maximum absolute atomic E-state index is 5.69. The Balaban J connectivity index is 2.61. The van der Waals surface area contributed by atoms with Crippen LogP contribution in [0.25, 0.3) is 11.2 Å². The molecular weight excluding hydrogens is 198 g/mol. The number of rotatable bonds is 2. The Morgan fingerprint density at radius 3 is 3.00 bits per heavy atom. The van der Waals surface area contributed by atoms with E-state index < -0.39 is 0 Å². The number of imidazole rings is 1. The molecule has 0 aliphatic rings. The van der Waals surface area contributed by atoms with E-state index in [2.05, 4.69) is 9.97 Å². The van der Waals surface area contributed by atoms with Crippen LogP contribution in [0.4, 0.5) is 0 Å². The summed E-state index contributed by atoms with van der Waals surface area (Å²) in [5.74, 6) is 1.59. The molecule has 0 spiro atoms. The van der Waals surface area contributed by atoms with Crippen LogP contribution in [0, 0.1) is 6.92 Å². The van der Waals surface area contributed by atoms with E-state index in [1.165, 1.54) is 0 Å². The third kappa shape index (κ3) is 1.48. The van der Waals surface area contributed by atoms with E-state index in [1.54, 1.807) is 0 Å². The van der Waals surface area contributed by atoms with Crippen molar-refractivity contribution >= 4 is 22.8 Å². The quantitative estimate of drug-likeness (QED) is 0.709. The summed E-state index contributed by atoms with van der Waals surface area (Å²) < 4.78 is 2.00. The zero-order valence-corrected chi connectivity index (χ0v) is 9.04. The van der Waals surface area contributed by atoms with Gasteiger partial charge in [0, 0.05) is 25.5 Å². The van der Waals surface area contributed by atoms with Crippen LogP contribution < -0.4 is 0 Å². The normalized spacial score (nSPS) is 11.1. The lowest BCUT2D eigenvalue weighted by Crippen LogP contribution is -1.99. The number of aryl methyl sites for hydroxylation is 3. The highest BCUT2D eigenvalue weighted by Gasteiger charge is 2.07. The lowest BCUT2D eigenvalue weighted by Gasteiger charge is -1.97. The molecule has 2 aromatic rings. The van der Waals surface area contributed by atoms with Gasteiger partial charge < -0.3 is 4.57 Å². The van der Waals surface area contributed by atoms with Crippen LogP contribution in [0.5, 0.6) is 0 Å². The minimum atomic E-state index is 0.593. The Hall–Kier alpha value is -1.09. The Kier molecular flexibility index (Phi) is 2.42. The van der Waals surface area contributed by atoms with Crippen molar-refractivity contribution in [3.05, 3.63) is 23.7 Å². The standard InChI is InChI=1S/C10H12ClN3/c1-7-5-8-10(12-6-7)14(2)9(13-8)3-4-11/h5-6H,3-4H2,1-2H3. The van der Waals surface area contributed by atoms with Crippen LogP contribution >= 0.6 is 11.6 Å². The van der Waals surface area contributed by atoms with Gasteiger partial charge in [-0.3, -0.25) is 0 Å². The monoisotopic (exact) mass is 209 g/mol. The Morgan fingerprint density at radius 2 is 2.29 bits per heavy atom. The average Bonchev–Trinajstić information content (AvgIpc) is 2.44. The van der Waals surface area contributed by atoms with Crippen LogP contribution in [0.1, 0.15) is 11.4 Å². The second-order valence-corrected chi connectivity index (χ2v) is 3.76. The van der Waals surface area contributed by atoms with Crippen LogP contribution in [0.15, 0.2) is 12.3 Å². The highest BCUT2D eigenvalue weighted by molar-refractivity contribution is 6.17. The van der Waals surface area contributed by atoms with Gasteiger partial charge in [-0.2, -0.15) is 0 Å². The third-order valence-corrected chi connectivity index (χ3v) is 2.45. The van der Waals surface area contributed by atoms with Crippen molar-refractivity contribution in [1.29, 1.82) is 0 Å². The smallest absolute Gasteiger partial charge is 0.159 e. The van der Waals surface area contributed by atoms with Crippen molar-refractivity contribution in [1.82, 2.24) is 14.5 Å². The number of halogens is 1. The van der Waals surface area contributed by atoms with Gasteiger partial charge in [0.25, 0.3) is 0 Å². The molecule has 0 N–H and O–H groups in total. The first-order valence-corrected chi connectivity index (χ1v) is 5.09. The van der Waals surface area contributed by atoms with Crippen LogP contribution in [0.2, 0.25) is 0 Å². The molecule has 2 aromatic heterocycles. The average molecular weight is 210 g/mol. The molecular formula is C10H12ClN3. The van der Waals surface area contributed by atoms with Gasteiger partial charge in [0.15, 0.2) is 5.65 Å². The predicted molar refractivity (Wildman–Crippen MR) is 57.7 cm³/mol. The minimum absolute atomic E-state index is 0.593. The molecule has 0 aliphatic heterocycles. The summed E-state index contributed by atoms with van der Waals surface area (Å²) in [6.45, 7) is 2.02. The fraction of sp³-hybridized carbons (Fsp3) is 0.400. The number of hydrogen-bond acceptors (Lipinski definition) is 2. The molecule has 14 heavy (non-hydrogen) atoms. The molecule has 4 heteroatoms. The van der Waals surface area contributed by atoms with Crippen molar-refractivity contribution in [3.8, 4) is 0 Å². The lowest BCUT2D eigenvalue weighted by molar-refractivity contribution is 0.823. The minimum Gasteiger partial charge on any atom is -0.316 e. The van der Waals surface area contributed by atoms with Gasteiger partial charge in [0.2, 0.25) is 0 Å². The molecule has 0 unspecified atom stereocenters. The molecule has 0 amide bonds. The van der Waals surface area contributed by atoms with Crippen molar-refractivity contribution < 1.29 is 0 Å². The van der Waals surface area contributed by atoms with Crippen molar-refractivity contribution in [2.75, 3.05) is 5.88 Å². The van der Waals surface area contributed by atoms with Gasteiger partial charge in [-0.15, -0.1) is 11.6 Å². The maximum Gasteiger partial charge on any atom is 0.159 e. The summed E-state index contributed by atoms with van der Waals surface area (Å²) in [5.41, 5.74) is 3.01. The predicted octanol–water partition coefficient (Wildman–Crippen LogP) is 2.06. The number of nitrogens with zero attached hydrogens (tertiary/aromatic N) is 3. The molecule has 2 rings (SSSR count). The van der Waals surface area contributed by atoms with E-state index in [0.717, 1.165) is 29.0 Å². The van der Waals surface area contributed by atoms with Crippen LogP contribution in [-0.4, -0.2) is 20.4 Å².